The van der Waals surface area contributed by atoms with Crippen LogP contribution in [0.15, 0.2) is 43.1 Å². The van der Waals surface area contributed by atoms with Gasteiger partial charge in [0.2, 0.25) is 11.7 Å². The van der Waals surface area contributed by atoms with E-state index in [9.17, 15) is 24.3 Å². The third-order valence-corrected chi connectivity index (χ3v) is 6.03. The lowest BCUT2D eigenvalue weighted by atomic mass is 9.87. The van der Waals surface area contributed by atoms with Gasteiger partial charge in [0.25, 0.3) is 5.56 Å². The molecule has 0 aliphatic carbocycles. The van der Waals surface area contributed by atoms with Crippen LogP contribution in [0, 0.1) is 6.92 Å². The average Bonchev–Trinajstić information content (AvgIpc) is 2.86. The van der Waals surface area contributed by atoms with Crippen molar-refractivity contribution in [1.82, 2.24) is 14.5 Å². The Morgan fingerprint density at radius 3 is 2.30 bits per heavy atom. The average molecular weight is 516 g/mol. The largest absolute Gasteiger partial charge is 0.507 e. The number of carbonyl (C=O) groups is 1. The van der Waals surface area contributed by atoms with E-state index in [0.29, 0.717) is 17.0 Å². The summed E-state index contributed by atoms with van der Waals surface area (Å²) in [4.78, 5) is 50.1. The fourth-order valence-corrected chi connectivity index (χ4v) is 4.09. The molecule has 12 nitrogen and oxygen atoms in total. The molecule has 0 bridgehead atoms. The zero-order chi connectivity index (χ0) is 27.4. The Morgan fingerprint density at radius 1 is 1.03 bits per heavy atom. The number of nitrogens with one attached hydrogen (secondary N) is 1. The Kier molecular flexibility index (Phi) is 8.11. The molecule has 0 saturated heterocycles. The van der Waals surface area contributed by atoms with Crippen LogP contribution < -0.4 is 36.4 Å². The first-order valence-corrected chi connectivity index (χ1v) is 11.2. The lowest BCUT2D eigenvalue weighted by Crippen LogP contribution is -2.39. The zero-order valence-corrected chi connectivity index (χ0v) is 21.4. The van der Waals surface area contributed by atoms with Gasteiger partial charge in [0, 0.05) is 49.8 Å². The number of aryl methyl sites for hydroxylation is 1. The normalized spacial score (nSPS) is 11.6. The molecule has 2 aromatic heterocycles. The molecule has 0 fully saturated rings. The summed E-state index contributed by atoms with van der Waals surface area (Å²) < 4.78 is 23.7. The lowest BCUT2D eigenvalue weighted by molar-refractivity contribution is -0.121. The van der Waals surface area contributed by atoms with Crippen molar-refractivity contribution in [2.75, 3.05) is 21.3 Å². The predicted octanol–water partition coefficient (Wildman–Crippen LogP) is 0.915. The van der Waals surface area contributed by atoms with Crippen LogP contribution in [0.3, 0.4) is 0 Å². The third-order valence-electron chi connectivity index (χ3n) is 6.03. The highest BCUT2D eigenvalue weighted by molar-refractivity contribution is 5.78. The summed E-state index contributed by atoms with van der Waals surface area (Å²) in [5.74, 6) is -0.906. The molecule has 1 amide bonds. The molecule has 0 saturated carbocycles. The Labute approximate surface area is 211 Å². The molecule has 0 spiro atoms. The number of methoxy groups -OCH3 is 3. The Balaban J connectivity index is 2.06. The Hall–Kier alpha value is -4.48. The highest BCUT2D eigenvalue weighted by Gasteiger charge is 2.30. The quantitative estimate of drug-likeness (QED) is 0.424. The van der Waals surface area contributed by atoms with Crippen LogP contribution in [0.4, 0.5) is 0 Å². The number of benzene rings is 1. The Bertz CT molecular complexity index is 1500. The Morgan fingerprint density at radius 2 is 1.70 bits per heavy atom. The molecule has 37 heavy (non-hydrogen) atoms. The van der Waals surface area contributed by atoms with E-state index >= 15 is 0 Å². The minimum Gasteiger partial charge on any atom is -0.507 e. The fourth-order valence-electron chi connectivity index (χ4n) is 4.09. The number of hydrogen-bond acceptors (Lipinski definition) is 9. The topological polar surface area (TPSA) is 151 Å². The van der Waals surface area contributed by atoms with E-state index in [1.165, 1.54) is 59.0 Å². The maximum absolute atomic E-state index is 13.1. The number of hydrogen-bond donors (Lipinski definition) is 2. The summed E-state index contributed by atoms with van der Waals surface area (Å²) in [6.07, 6.45) is -0.313. The second-order valence-electron chi connectivity index (χ2n) is 8.27. The van der Waals surface area contributed by atoms with E-state index in [4.69, 9.17) is 18.6 Å². The van der Waals surface area contributed by atoms with Crippen molar-refractivity contribution in [3.05, 3.63) is 78.1 Å². The van der Waals surface area contributed by atoms with E-state index in [1.807, 2.05) is 0 Å². The van der Waals surface area contributed by atoms with Gasteiger partial charge in [-0.3, -0.25) is 18.7 Å². The van der Waals surface area contributed by atoms with Crippen molar-refractivity contribution in [3.63, 3.8) is 0 Å². The van der Waals surface area contributed by atoms with E-state index < -0.39 is 28.7 Å². The minimum absolute atomic E-state index is 0.120. The van der Waals surface area contributed by atoms with E-state index in [2.05, 4.69) is 5.32 Å². The van der Waals surface area contributed by atoms with Crippen molar-refractivity contribution in [3.8, 4) is 23.0 Å². The molecule has 0 aliphatic heterocycles. The third kappa shape index (κ3) is 5.37. The van der Waals surface area contributed by atoms with Crippen LogP contribution in [0.1, 0.15) is 34.9 Å². The van der Waals surface area contributed by atoms with Gasteiger partial charge in [-0.15, -0.1) is 0 Å². The molecule has 1 aromatic carbocycles. The summed E-state index contributed by atoms with van der Waals surface area (Å²) >= 11 is 0. The summed E-state index contributed by atoms with van der Waals surface area (Å²) in [6.45, 7) is 1.39. The molecule has 0 radical (unpaired) electrons. The van der Waals surface area contributed by atoms with Gasteiger partial charge in [0.1, 0.15) is 11.5 Å². The molecular weight excluding hydrogens is 486 g/mol. The highest BCUT2D eigenvalue weighted by atomic mass is 16.5. The van der Waals surface area contributed by atoms with Crippen LogP contribution in [-0.2, 0) is 25.4 Å². The van der Waals surface area contributed by atoms with Crippen LogP contribution in [-0.4, -0.2) is 41.5 Å². The second kappa shape index (κ2) is 11.1. The number of amides is 1. The second-order valence-corrected chi connectivity index (χ2v) is 8.27. The molecule has 1 unspecified atom stereocenters. The smallest absolute Gasteiger partial charge is 0.343 e. The fraction of sp³-hybridized carbons (Fsp3) is 0.360. The first-order valence-electron chi connectivity index (χ1n) is 11.2. The summed E-state index contributed by atoms with van der Waals surface area (Å²) in [5.41, 5.74) is -1.36. The molecule has 198 valence electrons. The van der Waals surface area contributed by atoms with Crippen LogP contribution >= 0.6 is 0 Å². The van der Waals surface area contributed by atoms with Crippen LogP contribution in [0.25, 0.3) is 0 Å². The number of rotatable bonds is 9. The molecule has 3 rings (SSSR count). The van der Waals surface area contributed by atoms with E-state index in [1.54, 1.807) is 12.1 Å². The highest BCUT2D eigenvalue weighted by Crippen LogP contribution is 2.45. The van der Waals surface area contributed by atoms with Crippen molar-refractivity contribution >= 4 is 5.91 Å². The van der Waals surface area contributed by atoms with E-state index in [0.717, 1.165) is 4.57 Å². The maximum Gasteiger partial charge on any atom is 0.343 e. The summed E-state index contributed by atoms with van der Waals surface area (Å²) in [7, 11) is 7.10. The van der Waals surface area contributed by atoms with Crippen molar-refractivity contribution in [2.24, 2.45) is 14.1 Å². The van der Waals surface area contributed by atoms with Gasteiger partial charge in [-0.05, 0) is 13.0 Å². The molecular formula is C25H29N3O9. The van der Waals surface area contributed by atoms with Gasteiger partial charge in [-0.1, -0.05) is 6.07 Å². The summed E-state index contributed by atoms with van der Waals surface area (Å²) in [5, 5.41) is 13.3. The van der Waals surface area contributed by atoms with Gasteiger partial charge >= 0.3 is 11.3 Å². The molecule has 2 heterocycles. The molecule has 3 aromatic rings. The number of carbonyl (C=O) groups excluding carboxylic acids is 1. The van der Waals surface area contributed by atoms with Gasteiger partial charge in [-0.2, -0.15) is 0 Å². The number of ether oxygens (including phenoxy) is 3. The molecule has 1 atom stereocenters. The van der Waals surface area contributed by atoms with Gasteiger partial charge in [0.05, 0.1) is 33.4 Å². The first kappa shape index (κ1) is 27.1. The molecule has 2 N–H and O–H groups in total. The van der Waals surface area contributed by atoms with E-state index in [-0.39, 0.29) is 41.5 Å². The lowest BCUT2D eigenvalue weighted by Gasteiger charge is -2.22. The SMILES string of the molecule is COc1ccc(C(CC(=O)NCc2cc(=O)n(C)c(=O)n2C)c2c(O)cc(C)oc2=O)c(OC)c1OC. The van der Waals surface area contributed by atoms with Gasteiger partial charge in [-0.25, -0.2) is 9.59 Å². The standard InChI is InChI=1S/C25H29N3O9/c1-13-9-17(29)21(24(32)37-13)16(15-7-8-18(34-4)23(36-6)22(15)35-5)11-19(30)26-12-14-10-20(31)28(3)25(33)27(14)2/h7-10,16,29H,11-12H2,1-6H3,(H,26,30). The van der Waals surface area contributed by atoms with Gasteiger partial charge < -0.3 is 29.1 Å². The van der Waals surface area contributed by atoms with Gasteiger partial charge in [0.15, 0.2) is 11.5 Å². The summed E-state index contributed by atoms with van der Waals surface area (Å²) in [6, 6.07) is 5.72. The van der Waals surface area contributed by atoms with Crippen molar-refractivity contribution in [1.29, 1.82) is 0 Å². The zero-order valence-electron chi connectivity index (χ0n) is 21.4. The molecule has 0 aliphatic rings. The van der Waals surface area contributed by atoms with Crippen molar-refractivity contribution in [2.45, 2.75) is 25.8 Å². The van der Waals surface area contributed by atoms with Crippen LogP contribution in [0.5, 0.6) is 23.0 Å². The van der Waals surface area contributed by atoms with Crippen LogP contribution in [0.2, 0.25) is 0 Å². The number of aromatic nitrogens is 2. The number of nitrogens with zero attached hydrogens (tertiary/aromatic N) is 2. The maximum atomic E-state index is 13.1. The minimum atomic E-state index is -1.01. The van der Waals surface area contributed by atoms with Crippen molar-refractivity contribution < 1.29 is 28.5 Å². The predicted molar refractivity (Wildman–Crippen MR) is 133 cm³/mol. The molecule has 12 heteroatoms. The number of aromatic hydroxyl groups is 1. The monoisotopic (exact) mass is 515 g/mol. The first-order chi connectivity index (χ1) is 17.5.